The molecule has 2 aromatic carbocycles. The predicted molar refractivity (Wildman–Crippen MR) is 85.4 cm³/mol. The summed E-state index contributed by atoms with van der Waals surface area (Å²) in [6.07, 6.45) is 1.92. The number of halogens is 1. The monoisotopic (exact) mass is 345 g/mol. The molecule has 1 amide bonds. The van der Waals surface area contributed by atoms with Crippen LogP contribution in [-0.4, -0.2) is 23.0 Å². The Morgan fingerprint density at radius 2 is 2.05 bits per heavy atom. The van der Waals surface area contributed by atoms with Crippen LogP contribution in [0.2, 0.25) is 0 Å². The maximum Gasteiger partial charge on any atom is 0.257 e. The van der Waals surface area contributed by atoms with Crippen molar-refractivity contribution in [3.8, 4) is 5.75 Å². The summed E-state index contributed by atoms with van der Waals surface area (Å²) >= 11 is 3.34. The first-order valence-corrected chi connectivity index (χ1v) is 7.70. The molecule has 1 N–H and O–H groups in total. The molecule has 4 heteroatoms. The number of carbonyl (C=O) groups excluding carboxylic acids is 1. The van der Waals surface area contributed by atoms with Gasteiger partial charge in [0.25, 0.3) is 5.91 Å². The van der Waals surface area contributed by atoms with Crippen molar-refractivity contribution in [3.05, 3.63) is 63.6 Å². The molecular weight excluding hydrogens is 330 g/mol. The highest BCUT2D eigenvalue weighted by Gasteiger charge is 2.29. The number of phenolic OH excluding ortho intramolecular Hbond substituents is 1. The quantitative estimate of drug-likeness (QED) is 0.896. The predicted octanol–water partition coefficient (Wildman–Crippen LogP) is 3.91. The number of aryl methyl sites for hydroxylation is 1. The Morgan fingerprint density at radius 1 is 1.29 bits per heavy atom. The van der Waals surface area contributed by atoms with E-state index >= 15 is 0 Å². The van der Waals surface area contributed by atoms with Gasteiger partial charge >= 0.3 is 0 Å². The molecule has 0 fully saturated rings. The molecule has 0 saturated heterocycles. The number of carbonyl (C=O) groups is 1. The van der Waals surface area contributed by atoms with Crippen LogP contribution in [0.15, 0.2) is 46.9 Å². The van der Waals surface area contributed by atoms with Crippen LogP contribution in [0, 0.1) is 0 Å². The molecule has 0 bridgehead atoms. The molecule has 0 aromatic heterocycles. The third-order valence-corrected chi connectivity index (χ3v) is 4.57. The van der Waals surface area contributed by atoms with Gasteiger partial charge in [0.15, 0.2) is 0 Å². The summed E-state index contributed by atoms with van der Waals surface area (Å²) in [4.78, 5) is 14.4. The van der Waals surface area contributed by atoms with E-state index in [1.54, 1.807) is 24.1 Å². The van der Waals surface area contributed by atoms with Crippen LogP contribution in [0.1, 0.15) is 33.9 Å². The van der Waals surface area contributed by atoms with E-state index in [2.05, 4.69) is 28.1 Å². The molecule has 3 nitrogen and oxygen atoms in total. The van der Waals surface area contributed by atoms with Crippen molar-refractivity contribution in [2.75, 3.05) is 7.05 Å². The largest absolute Gasteiger partial charge is 0.507 e. The Kier molecular flexibility index (Phi) is 3.72. The van der Waals surface area contributed by atoms with Gasteiger partial charge in [0.1, 0.15) is 5.75 Å². The maximum absolute atomic E-state index is 12.7. The SMILES string of the molecule is CN(C(=O)c1cc(Br)ccc1O)C1CCc2ccccc21. The van der Waals surface area contributed by atoms with E-state index in [-0.39, 0.29) is 17.7 Å². The van der Waals surface area contributed by atoms with Crippen molar-refractivity contribution in [3.63, 3.8) is 0 Å². The average molecular weight is 346 g/mol. The van der Waals surface area contributed by atoms with Crippen LogP contribution in [0.4, 0.5) is 0 Å². The molecule has 0 heterocycles. The number of phenols is 1. The Balaban J connectivity index is 1.91. The second-order valence-electron chi connectivity index (χ2n) is 5.33. The van der Waals surface area contributed by atoms with Gasteiger partial charge in [-0.2, -0.15) is 0 Å². The van der Waals surface area contributed by atoms with Crippen molar-refractivity contribution in [2.45, 2.75) is 18.9 Å². The fourth-order valence-electron chi connectivity index (χ4n) is 2.95. The third-order valence-electron chi connectivity index (χ3n) is 4.08. The lowest BCUT2D eigenvalue weighted by Crippen LogP contribution is -2.30. The summed E-state index contributed by atoms with van der Waals surface area (Å²) < 4.78 is 0.781. The first-order chi connectivity index (χ1) is 10.1. The van der Waals surface area contributed by atoms with E-state index in [1.807, 2.05) is 12.1 Å². The number of fused-ring (bicyclic) bond motifs is 1. The van der Waals surface area contributed by atoms with Gasteiger partial charge in [-0.3, -0.25) is 4.79 Å². The van der Waals surface area contributed by atoms with Crippen LogP contribution < -0.4 is 0 Å². The lowest BCUT2D eigenvalue weighted by atomic mass is 10.1. The number of nitrogens with zero attached hydrogens (tertiary/aromatic N) is 1. The Hall–Kier alpha value is -1.81. The molecule has 0 radical (unpaired) electrons. The number of hydrogen-bond acceptors (Lipinski definition) is 2. The zero-order chi connectivity index (χ0) is 15.0. The number of amides is 1. The van der Waals surface area contributed by atoms with Gasteiger partial charge in [0.05, 0.1) is 11.6 Å². The van der Waals surface area contributed by atoms with Crippen LogP contribution in [0.5, 0.6) is 5.75 Å². The maximum atomic E-state index is 12.7. The molecule has 0 spiro atoms. The molecule has 21 heavy (non-hydrogen) atoms. The van der Waals surface area contributed by atoms with Crippen LogP contribution in [0.25, 0.3) is 0 Å². The summed E-state index contributed by atoms with van der Waals surface area (Å²) in [6.45, 7) is 0. The first kappa shape index (κ1) is 14.1. The molecule has 1 aliphatic rings. The minimum Gasteiger partial charge on any atom is -0.507 e. The molecule has 1 unspecified atom stereocenters. The van der Waals surface area contributed by atoms with Gasteiger partial charge in [-0.15, -0.1) is 0 Å². The highest BCUT2D eigenvalue weighted by atomic mass is 79.9. The van der Waals surface area contributed by atoms with Crippen molar-refractivity contribution in [1.82, 2.24) is 4.90 Å². The summed E-state index contributed by atoms with van der Waals surface area (Å²) in [5, 5.41) is 9.92. The van der Waals surface area contributed by atoms with Gasteiger partial charge in [0.2, 0.25) is 0 Å². The average Bonchev–Trinajstić information content (AvgIpc) is 2.92. The van der Waals surface area contributed by atoms with Crippen molar-refractivity contribution in [2.24, 2.45) is 0 Å². The van der Waals surface area contributed by atoms with E-state index < -0.39 is 0 Å². The number of benzene rings is 2. The van der Waals surface area contributed by atoms with E-state index in [1.165, 1.54) is 17.2 Å². The van der Waals surface area contributed by atoms with Gasteiger partial charge < -0.3 is 10.0 Å². The Morgan fingerprint density at radius 3 is 2.86 bits per heavy atom. The molecule has 0 aliphatic heterocycles. The molecule has 2 aromatic rings. The normalized spacial score (nSPS) is 16.6. The minimum absolute atomic E-state index is 0.0151. The van der Waals surface area contributed by atoms with Crippen LogP contribution >= 0.6 is 15.9 Å². The number of hydrogen-bond donors (Lipinski definition) is 1. The van der Waals surface area contributed by atoms with E-state index in [4.69, 9.17) is 0 Å². The van der Waals surface area contributed by atoms with Gasteiger partial charge in [-0.05, 0) is 42.2 Å². The van der Waals surface area contributed by atoms with Gasteiger partial charge in [-0.1, -0.05) is 40.2 Å². The van der Waals surface area contributed by atoms with Gasteiger partial charge in [-0.25, -0.2) is 0 Å². The fourth-order valence-corrected chi connectivity index (χ4v) is 3.31. The zero-order valence-electron chi connectivity index (χ0n) is 11.7. The van der Waals surface area contributed by atoms with Crippen molar-refractivity contribution >= 4 is 21.8 Å². The van der Waals surface area contributed by atoms with E-state index in [0.717, 1.165) is 17.3 Å². The molecule has 3 rings (SSSR count). The second kappa shape index (κ2) is 5.53. The number of rotatable bonds is 2. The highest BCUT2D eigenvalue weighted by molar-refractivity contribution is 9.10. The molecule has 1 aliphatic carbocycles. The standard InChI is InChI=1S/C17H16BrNO2/c1-19(15-8-6-11-4-2-3-5-13(11)15)17(21)14-10-12(18)7-9-16(14)20/h2-5,7,9-10,15,20H,6,8H2,1H3. The van der Waals surface area contributed by atoms with E-state index in [0.29, 0.717) is 5.56 Å². The topological polar surface area (TPSA) is 40.5 Å². The number of aromatic hydroxyl groups is 1. The molecule has 1 atom stereocenters. The highest BCUT2D eigenvalue weighted by Crippen LogP contribution is 2.36. The Labute approximate surface area is 132 Å². The smallest absolute Gasteiger partial charge is 0.257 e. The van der Waals surface area contributed by atoms with Crippen LogP contribution in [-0.2, 0) is 6.42 Å². The minimum atomic E-state index is -0.157. The second-order valence-corrected chi connectivity index (χ2v) is 6.25. The summed E-state index contributed by atoms with van der Waals surface area (Å²) in [7, 11) is 1.80. The summed E-state index contributed by atoms with van der Waals surface area (Å²) in [5.74, 6) is -0.142. The summed E-state index contributed by atoms with van der Waals surface area (Å²) in [5.41, 5.74) is 2.85. The summed E-state index contributed by atoms with van der Waals surface area (Å²) in [6, 6.07) is 13.2. The Bertz CT molecular complexity index is 699. The third kappa shape index (κ3) is 2.56. The lowest BCUT2D eigenvalue weighted by molar-refractivity contribution is 0.0727. The molecule has 0 saturated carbocycles. The first-order valence-electron chi connectivity index (χ1n) is 6.91. The van der Waals surface area contributed by atoms with E-state index in [9.17, 15) is 9.90 Å². The molecular formula is C17H16BrNO2. The van der Waals surface area contributed by atoms with Crippen molar-refractivity contribution in [1.29, 1.82) is 0 Å². The van der Waals surface area contributed by atoms with Crippen LogP contribution in [0.3, 0.4) is 0 Å². The zero-order valence-corrected chi connectivity index (χ0v) is 13.3. The van der Waals surface area contributed by atoms with Gasteiger partial charge in [0, 0.05) is 11.5 Å². The van der Waals surface area contributed by atoms with Crippen molar-refractivity contribution < 1.29 is 9.90 Å². The molecule has 108 valence electrons. The lowest BCUT2D eigenvalue weighted by Gasteiger charge is -2.26. The fraction of sp³-hybridized carbons (Fsp3) is 0.235.